The minimum atomic E-state index is -4.36. The van der Waals surface area contributed by atoms with Gasteiger partial charge in [-0.3, -0.25) is 14.5 Å². The van der Waals surface area contributed by atoms with E-state index in [0.29, 0.717) is 29.9 Å². The van der Waals surface area contributed by atoms with Crippen molar-refractivity contribution >= 4 is 21.6 Å². The van der Waals surface area contributed by atoms with Crippen molar-refractivity contribution in [2.24, 2.45) is 5.92 Å². The summed E-state index contributed by atoms with van der Waals surface area (Å²) in [5, 5.41) is 2.97. The normalized spacial score (nSPS) is 21.3. The van der Waals surface area contributed by atoms with Crippen molar-refractivity contribution in [1.82, 2.24) is 10.3 Å². The van der Waals surface area contributed by atoms with Crippen LogP contribution in [0.3, 0.4) is 0 Å². The average molecular weight is 512 g/mol. The van der Waals surface area contributed by atoms with Crippen molar-refractivity contribution < 1.29 is 26.4 Å². The maximum Gasteiger partial charge on any atom is 0.397 e. The van der Waals surface area contributed by atoms with E-state index in [2.05, 4.69) is 15.0 Å². The first-order valence-corrected chi connectivity index (χ1v) is 13.3. The number of rotatable bonds is 8. The highest BCUT2D eigenvalue weighted by atomic mass is 32.2. The zero-order valence-electron chi connectivity index (χ0n) is 20.7. The third-order valence-corrected chi connectivity index (χ3v) is 7.55. The van der Waals surface area contributed by atoms with Gasteiger partial charge in [0, 0.05) is 11.3 Å². The summed E-state index contributed by atoms with van der Waals surface area (Å²) in [6, 6.07) is 9.25. The fourth-order valence-electron chi connectivity index (χ4n) is 4.21. The maximum atomic E-state index is 13.3. The fraction of sp³-hybridized carbons (Fsp3) is 0.520. The second kappa shape index (κ2) is 9.11. The molecule has 0 bridgehead atoms. The molecule has 1 heterocycles. The SMILES string of the molecule is CCc1nc([C@@H](C)NC(=O)C2CC2(C)c2ccc(C(C)(C)C(F)(F)F)cc2)ccc1NS(C)(=O)=O. The molecule has 192 valence electrons. The third-order valence-electron chi connectivity index (χ3n) is 6.96. The number of hydrogen-bond acceptors (Lipinski definition) is 4. The number of hydrogen-bond donors (Lipinski definition) is 2. The molecular formula is C25H32F3N3O3S. The second-order valence-corrected chi connectivity index (χ2v) is 11.8. The minimum absolute atomic E-state index is 0.155. The number of nitrogens with zero attached hydrogens (tertiary/aromatic N) is 1. The monoisotopic (exact) mass is 511 g/mol. The number of amides is 1. The Kier molecular flexibility index (Phi) is 7.02. The number of aryl methyl sites for hydroxylation is 1. The van der Waals surface area contributed by atoms with E-state index in [0.717, 1.165) is 25.7 Å². The summed E-state index contributed by atoms with van der Waals surface area (Å²) < 4.78 is 65.6. The number of anilines is 1. The van der Waals surface area contributed by atoms with Gasteiger partial charge in [-0.25, -0.2) is 8.42 Å². The van der Waals surface area contributed by atoms with Crippen LogP contribution in [-0.2, 0) is 32.1 Å². The van der Waals surface area contributed by atoms with Crippen LogP contribution in [0.25, 0.3) is 0 Å². The van der Waals surface area contributed by atoms with Crippen molar-refractivity contribution in [2.45, 2.75) is 70.5 Å². The Labute approximate surface area is 204 Å². The summed E-state index contributed by atoms with van der Waals surface area (Å²) in [5.74, 6) is -0.457. The number of pyridine rings is 1. The largest absolute Gasteiger partial charge is 0.397 e. The molecule has 1 aromatic heterocycles. The number of nitrogens with one attached hydrogen (secondary N) is 2. The smallest absolute Gasteiger partial charge is 0.348 e. The Morgan fingerprint density at radius 2 is 1.77 bits per heavy atom. The molecule has 35 heavy (non-hydrogen) atoms. The lowest BCUT2D eigenvalue weighted by Crippen LogP contribution is -2.36. The van der Waals surface area contributed by atoms with Crippen LogP contribution in [0.5, 0.6) is 0 Å². The van der Waals surface area contributed by atoms with E-state index < -0.39 is 33.1 Å². The molecule has 3 rings (SSSR count). The Hall–Kier alpha value is -2.62. The lowest BCUT2D eigenvalue weighted by molar-refractivity contribution is -0.180. The predicted octanol–water partition coefficient (Wildman–Crippen LogP) is 5.01. The molecule has 1 aliphatic rings. The zero-order chi connectivity index (χ0) is 26.4. The standard InChI is InChI=1S/C25H32F3N3O3S/c1-7-19-21(31-35(6,33)34)13-12-20(30-19)15(2)29-22(32)18-14-24(18,5)17-10-8-16(9-11-17)23(3,4)25(26,27)28/h8-13,15,18,31H,7,14H2,1-6H3,(H,29,32)/t15-,18?,24?/m1/s1. The van der Waals surface area contributed by atoms with Crippen LogP contribution < -0.4 is 10.0 Å². The molecule has 1 fully saturated rings. The predicted molar refractivity (Wildman–Crippen MR) is 130 cm³/mol. The van der Waals surface area contributed by atoms with Gasteiger partial charge in [0.1, 0.15) is 0 Å². The summed E-state index contributed by atoms with van der Waals surface area (Å²) in [6.07, 6.45) is -2.19. The molecule has 1 aliphatic carbocycles. The summed E-state index contributed by atoms with van der Waals surface area (Å²) in [4.78, 5) is 17.5. The quantitative estimate of drug-likeness (QED) is 0.522. The van der Waals surface area contributed by atoms with Crippen LogP contribution >= 0.6 is 0 Å². The van der Waals surface area contributed by atoms with Gasteiger partial charge in [-0.1, -0.05) is 38.1 Å². The molecular weight excluding hydrogens is 479 g/mol. The number of carbonyl (C=O) groups is 1. The summed E-state index contributed by atoms with van der Waals surface area (Å²) in [5.41, 5.74) is 0.190. The number of benzene rings is 1. The highest BCUT2D eigenvalue weighted by Crippen LogP contribution is 2.54. The van der Waals surface area contributed by atoms with Crippen LogP contribution in [0.1, 0.15) is 69.6 Å². The fourth-order valence-corrected chi connectivity index (χ4v) is 4.79. The summed E-state index contributed by atoms with van der Waals surface area (Å²) in [7, 11) is -3.44. The molecule has 1 saturated carbocycles. The number of aromatic nitrogens is 1. The molecule has 1 aromatic carbocycles. The Morgan fingerprint density at radius 3 is 2.29 bits per heavy atom. The van der Waals surface area contributed by atoms with Crippen LogP contribution in [-0.4, -0.2) is 31.7 Å². The first-order chi connectivity index (χ1) is 16.0. The van der Waals surface area contributed by atoms with E-state index in [1.165, 1.54) is 12.1 Å². The van der Waals surface area contributed by atoms with E-state index in [1.807, 2.05) is 13.8 Å². The molecule has 0 spiro atoms. The average Bonchev–Trinajstić information content (AvgIpc) is 3.45. The first kappa shape index (κ1) is 27.0. The molecule has 2 unspecified atom stereocenters. The van der Waals surface area contributed by atoms with E-state index in [1.54, 1.807) is 31.2 Å². The third kappa shape index (κ3) is 5.63. The van der Waals surface area contributed by atoms with Crippen molar-refractivity contribution in [3.8, 4) is 0 Å². The van der Waals surface area contributed by atoms with Gasteiger partial charge in [0.2, 0.25) is 15.9 Å². The van der Waals surface area contributed by atoms with Gasteiger partial charge >= 0.3 is 6.18 Å². The molecule has 6 nitrogen and oxygen atoms in total. The second-order valence-electron chi connectivity index (χ2n) is 10.1. The minimum Gasteiger partial charge on any atom is -0.348 e. The summed E-state index contributed by atoms with van der Waals surface area (Å²) in [6.45, 7) is 7.90. The van der Waals surface area contributed by atoms with E-state index >= 15 is 0 Å². The van der Waals surface area contributed by atoms with E-state index in [9.17, 15) is 26.4 Å². The van der Waals surface area contributed by atoms with Crippen molar-refractivity contribution in [3.05, 3.63) is 58.9 Å². The number of carbonyl (C=O) groups excluding carboxylic acids is 1. The topological polar surface area (TPSA) is 88.2 Å². The van der Waals surface area contributed by atoms with Crippen LogP contribution in [0.15, 0.2) is 36.4 Å². The molecule has 1 amide bonds. The van der Waals surface area contributed by atoms with E-state index in [-0.39, 0.29) is 17.4 Å². The van der Waals surface area contributed by atoms with Gasteiger partial charge < -0.3 is 5.32 Å². The van der Waals surface area contributed by atoms with Crippen LogP contribution in [0, 0.1) is 5.92 Å². The van der Waals surface area contributed by atoms with Crippen LogP contribution in [0.2, 0.25) is 0 Å². The number of sulfonamides is 1. The molecule has 0 saturated heterocycles. The molecule has 2 aromatic rings. The van der Waals surface area contributed by atoms with E-state index in [4.69, 9.17) is 0 Å². The van der Waals surface area contributed by atoms with Crippen molar-refractivity contribution in [1.29, 1.82) is 0 Å². The van der Waals surface area contributed by atoms with Gasteiger partial charge in [0.05, 0.1) is 34.8 Å². The molecule has 2 N–H and O–H groups in total. The highest BCUT2D eigenvalue weighted by Gasteiger charge is 2.56. The van der Waals surface area contributed by atoms with Gasteiger partial charge in [0.25, 0.3) is 0 Å². The molecule has 0 aliphatic heterocycles. The van der Waals surface area contributed by atoms with Gasteiger partial charge in [0.15, 0.2) is 0 Å². The highest BCUT2D eigenvalue weighted by molar-refractivity contribution is 7.92. The van der Waals surface area contributed by atoms with Crippen LogP contribution in [0.4, 0.5) is 18.9 Å². The lowest BCUT2D eigenvalue weighted by atomic mass is 9.82. The number of alkyl halides is 3. The molecule has 0 radical (unpaired) electrons. The van der Waals surface area contributed by atoms with Gasteiger partial charge in [-0.05, 0) is 56.9 Å². The molecule has 3 atom stereocenters. The Morgan fingerprint density at radius 1 is 1.17 bits per heavy atom. The summed E-state index contributed by atoms with van der Waals surface area (Å²) >= 11 is 0. The lowest BCUT2D eigenvalue weighted by Gasteiger charge is -2.28. The zero-order valence-corrected chi connectivity index (χ0v) is 21.6. The number of halogens is 3. The first-order valence-electron chi connectivity index (χ1n) is 11.5. The van der Waals surface area contributed by atoms with Crippen molar-refractivity contribution in [2.75, 3.05) is 11.0 Å². The van der Waals surface area contributed by atoms with Gasteiger partial charge in [-0.15, -0.1) is 0 Å². The van der Waals surface area contributed by atoms with Gasteiger partial charge in [-0.2, -0.15) is 13.2 Å². The Bertz CT molecular complexity index is 1210. The maximum absolute atomic E-state index is 13.3. The van der Waals surface area contributed by atoms with Crippen molar-refractivity contribution in [3.63, 3.8) is 0 Å². The molecule has 10 heteroatoms. The Balaban J connectivity index is 1.70.